The molecule has 0 saturated heterocycles. The second-order valence-corrected chi connectivity index (χ2v) is 6.68. The van der Waals surface area contributed by atoms with Crippen LogP contribution in [-0.4, -0.2) is 24.7 Å². The molecule has 0 aliphatic carbocycles. The molecule has 0 N–H and O–H groups in total. The van der Waals surface area contributed by atoms with Crippen molar-refractivity contribution in [3.8, 4) is 11.5 Å². The number of ether oxygens (including phenoxy) is 2. The molecule has 8 heteroatoms. The van der Waals surface area contributed by atoms with Crippen molar-refractivity contribution in [2.24, 2.45) is 4.99 Å². The Morgan fingerprint density at radius 2 is 1.74 bits per heavy atom. The number of hydrogen-bond donors (Lipinski definition) is 0. The third kappa shape index (κ3) is 3.44. The van der Waals surface area contributed by atoms with Crippen LogP contribution in [0.3, 0.4) is 0 Å². The molecule has 0 unspecified atom stereocenters. The van der Waals surface area contributed by atoms with Crippen LogP contribution in [0.2, 0.25) is 0 Å². The number of hydrogen-bond acceptors (Lipinski definition) is 4. The first kappa shape index (κ1) is 19.0. The average molecular weight is 392 g/mol. The third-order valence-corrected chi connectivity index (χ3v) is 5.11. The Balaban J connectivity index is 2.29. The van der Waals surface area contributed by atoms with Gasteiger partial charge >= 0.3 is 0 Å². The number of amides is 1. The van der Waals surface area contributed by atoms with Crippen LogP contribution in [-0.2, 0) is 6.54 Å². The molecule has 0 fully saturated rings. The van der Waals surface area contributed by atoms with Crippen LogP contribution in [0, 0.1) is 11.6 Å². The number of carbonyl (C=O) groups is 1. The second kappa shape index (κ2) is 7.87. The molecule has 0 radical (unpaired) electrons. The van der Waals surface area contributed by atoms with Crippen molar-refractivity contribution >= 4 is 27.5 Å². The minimum atomic E-state index is -0.972. The number of thiazole rings is 1. The van der Waals surface area contributed by atoms with E-state index in [-0.39, 0.29) is 0 Å². The van der Waals surface area contributed by atoms with Crippen LogP contribution in [0.25, 0.3) is 10.2 Å². The van der Waals surface area contributed by atoms with E-state index in [1.165, 1.54) is 17.4 Å². The molecule has 1 aromatic heterocycles. The van der Waals surface area contributed by atoms with Gasteiger partial charge in [-0.3, -0.25) is 4.79 Å². The van der Waals surface area contributed by atoms with Gasteiger partial charge in [0.15, 0.2) is 4.80 Å². The summed E-state index contributed by atoms with van der Waals surface area (Å²) in [6.45, 7) is 2.53. The first-order chi connectivity index (χ1) is 13.0. The predicted octanol–water partition coefficient (Wildman–Crippen LogP) is 4.15. The van der Waals surface area contributed by atoms with Crippen molar-refractivity contribution in [3.63, 3.8) is 0 Å². The zero-order chi connectivity index (χ0) is 19.6. The normalized spacial score (nSPS) is 11.8. The fourth-order valence-corrected chi connectivity index (χ4v) is 3.98. The summed E-state index contributed by atoms with van der Waals surface area (Å²) in [7, 11) is 3.09. The highest BCUT2D eigenvalue weighted by Gasteiger charge is 2.19. The first-order valence-corrected chi connectivity index (χ1v) is 9.10. The van der Waals surface area contributed by atoms with Gasteiger partial charge in [-0.2, -0.15) is 4.99 Å². The number of benzene rings is 2. The SMILES string of the molecule is CCCn1c(=NC(=O)c2c(F)cccc2F)sc2c(OC)ccc(OC)c21. The molecule has 3 rings (SSSR count). The monoisotopic (exact) mass is 392 g/mol. The molecule has 1 heterocycles. The van der Waals surface area contributed by atoms with Crippen molar-refractivity contribution in [2.75, 3.05) is 14.2 Å². The summed E-state index contributed by atoms with van der Waals surface area (Å²) in [5, 5.41) is 0. The lowest BCUT2D eigenvalue weighted by atomic mass is 10.2. The Morgan fingerprint density at radius 1 is 1.11 bits per heavy atom. The van der Waals surface area contributed by atoms with Crippen molar-refractivity contribution < 1.29 is 23.0 Å². The Bertz CT molecular complexity index is 1050. The van der Waals surface area contributed by atoms with Crippen LogP contribution in [0.4, 0.5) is 8.78 Å². The van der Waals surface area contributed by atoms with Gasteiger partial charge in [-0.1, -0.05) is 24.3 Å². The van der Waals surface area contributed by atoms with Crippen LogP contribution in [0.15, 0.2) is 35.3 Å². The van der Waals surface area contributed by atoms with E-state index >= 15 is 0 Å². The largest absolute Gasteiger partial charge is 0.495 e. The van der Waals surface area contributed by atoms with Gasteiger partial charge in [0.2, 0.25) is 0 Å². The van der Waals surface area contributed by atoms with E-state index in [9.17, 15) is 13.6 Å². The number of rotatable bonds is 5. The fourth-order valence-electron chi connectivity index (χ4n) is 2.82. The van der Waals surface area contributed by atoms with Crippen LogP contribution < -0.4 is 14.3 Å². The Kier molecular flexibility index (Phi) is 5.55. The van der Waals surface area contributed by atoms with Crippen LogP contribution >= 0.6 is 11.3 Å². The molecule has 2 aromatic carbocycles. The summed E-state index contributed by atoms with van der Waals surface area (Å²) in [4.78, 5) is 16.8. The van der Waals surface area contributed by atoms with Gasteiger partial charge in [-0.25, -0.2) is 8.78 Å². The lowest BCUT2D eigenvalue weighted by Gasteiger charge is -2.09. The summed E-state index contributed by atoms with van der Waals surface area (Å²) in [5.74, 6) is -1.66. The topological polar surface area (TPSA) is 52.8 Å². The summed E-state index contributed by atoms with van der Waals surface area (Å²) >= 11 is 1.20. The minimum absolute atomic E-state index is 0.322. The molecule has 0 bridgehead atoms. The maximum Gasteiger partial charge on any atom is 0.285 e. The zero-order valence-corrected chi connectivity index (χ0v) is 15.9. The average Bonchev–Trinajstić information content (AvgIpc) is 2.99. The van der Waals surface area contributed by atoms with E-state index in [1.54, 1.807) is 30.9 Å². The molecule has 1 amide bonds. The van der Waals surface area contributed by atoms with Crippen molar-refractivity contribution in [1.29, 1.82) is 0 Å². The number of carbonyl (C=O) groups excluding carboxylic acids is 1. The van der Waals surface area contributed by atoms with E-state index in [4.69, 9.17) is 9.47 Å². The maximum absolute atomic E-state index is 13.9. The van der Waals surface area contributed by atoms with Gasteiger partial charge in [0.1, 0.15) is 38.9 Å². The molecule has 0 aliphatic rings. The molecule has 5 nitrogen and oxygen atoms in total. The summed E-state index contributed by atoms with van der Waals surface area (Å²) in [6, 6.07) is 6.79. The number of methoxy groups -OCH3 is 2. The molecule has 0 aliphatic heterocycles. The lowest BCUT2D eigenvalue weighted by molar-refractivity contribution is 0.0989. The Hall–Kier alpha value is -2.74. The van der Waals surface area contributed by atoms with Crippen molar-refractivity contribution in [1.82, 2.24) is 4.57 Å². The third-order valence-electron chi connectivity index (χ3n) is 4.01. The summed E-state index contributed by atoms with van der Waals surface area (Å²) in [5.41, 5.74) is 0.0567. The van der Waals surface area contributed by atoms with E-state index < -0.39 is 23.1 Å². The van der Waals surface area contributed by atoms with E-state index in [2.05, 4.69) is 4.99 Å². The molecule has 142 valence electrons. The van der Waals surface area contributed by atoms with Crippen molar-refractivity contribution in [3.05, 3.63) is 52.3 Å². The van der Waals surface area contributed by atoms with Gasteiger partial charge in [-0.15, -0.1) is 0 Å². The van der Waals surface area contributed by atoms with Crippen LogP contribution in [0.1, 0.15) is 23.7 Å². The smallest absolute Gasteiger partial charge is 0.285 e. The summed E-state index contributed by atoms with van der Waals surface area (Å²) < 4.78 is 41.2. The van der Waals surface area contributed by atoms with Gasteiger partial charge in [0, 0.05) is 6.54 Å². The van der Waals surface area contributed by atoms with Crippen LogP contribution in [0.5, 0.6) is 11.5 Å². The highest BCUT2D eigenvalue weighted by Crippen LogP contribution is 2.35. The molecule has 3 aromatic rings. The van der Waals surface area contributed by atoms with E-state index in [0.717, 1.165) is 28.8 Å². The highest BCUT2D eigenvalue weighted by atomic mass is 32.1. The number of halogens is 2. The molecule has 0 spiro atoms. The number of fused-ring (bicyclic) bond motifs is 1. The Morgan fingerprint density at radius 3 is 2.33 bits per heavy atom. The lowest BCUT2D eigenvalue weighted by Crippen LogP contribution is -2.18. The predicted molar refractivity (Wildman–Crippen MR) is 99.5 cm³/mol. The maximum atomic E-state index is 13.9. The molecule has 0 atom stereocenters. The highest BCUT2D eigenvalue weighted by molar-refractivity contribution is 7.16. The number of nitrogens with zero attached hydrogens (tertiary/aromatic N) is 2. The second-order valence-electron chi connectivity index (χ2n) is 5.70. The van der Waals surface area contributed by atoms with E-state index in [0.29, 0.717) is 22.8 Å². The minimum Gasteiger partial charge on any atom is -0.495 e. The van der Waals surface area contributed by atoms with Gasteiger partial charge < -0.3 is 14.0 Å². The van der Waals surface area contributed by atoms with Crippen molar-refractivity contribution in [2.45, 2.75) is 19.9 Å². The van der Waals surface area contributed by atoms with E-state index in [1.807, 2.05) is 6.92 Å². The number of aromatic nitrogens is 1. The molecular formula is C19H18F2N2O3S. The van der Waals surface area contributed by atoms with Gasteiger partial charge in [0.25, 0.3) is 5.91 Å². The Labute approximate surface area is 158 Å². The molecular weight excluding hydrogens is 374 g/mol. The zero-order valence-electron chi connectivity index (χ0n) is 15.1. The fraction of sp³-hybridized carbons (Fsp3) is 0.263. The molecule has 0 saturated carbocycles. The number of aryl methyl sites for hydroxylation is 1. The van der Waals surface area contributed by atoms with Gasteiger partial charge in [-0.05, 0) is 30.7 Å². The summed E-state index contributed by atoms with van der Waals surface area (Å²) in [6.07, 6.45) is 0.766. The first-order valence-electron chi connectivity index (χ1n) is 8.29. The standard InChI is InChI=1S/C19H18F2N2O3S/c1-4-10-23-16-13(25-2)8-9-14(26-3)17(16)27-19(23)22-18(24)15-11(20)6-5-7-12(15)21/h5-9H,4,10H2,1-3H3. The quantitative estimate of drug-likeness (QED) is 0.656. The van der Waals surface area contributed by atoms with Gasteiger partial charge in [0.05, 0.1) is 14.2 Å². The molecule has 27 heavy (non-hydrogen) atoms.